The molecular formula is C18H20Cl2N2O3S2. The van der Waals surface area contributed by atoms with E-state index in [1.54, 1.807) is 18.2 Å². The van der Waals surface area contributed by atoms with Crippen LogP contribution in [0.15, 0.2) is 35.2 Å². The van der Waals surface area contributed by atoms with Gasteiger partial charge < -0.3 is 4.90 Å². The average Bonchev–Trinajstić information content (AvgIpc) is 2.80. The van der Waals surface area contributed by atoms with Gasteiger partial charge in [-0.25, -0.2) is 8.42 Å². The van der Waals surface area contributed by atoms with Crippen LogP contribution in [0.5, 0.6) is 0 Å². The summed E-state index contributed by atoms with van der Waals surface area (Å²) in [6.07, 6.45) is 2.07. The highest BCUT2D eigenvalue weighted by Gasteiger charge is 2.23. The first-order valence-electron chi connectivity index (χ1n) is 8.49. The van der Waals surface area contributed by atoms with Crippen molar-refractivity contribution in [3.05, 3.63) is 50.1 Å². The lowest BCUT2D eigenvalue weighted by Gasteiger charge is -2.22. The van der Waals surface area contributed by atoms with Gasteiger partial charge in [-0.3, -0.25) is 9.69 Å². The zero-order chi connectivity index (χ0) is 19.6. The first-order chi connectivity index (χ1) is 12.7. The van der Waals surface area contributed by atoms with Crippen LogP contribution in [0.4, 0.5) is 0 Å². The zero-order valence-electron chi connectivity index (χ0n) is 14.8. The molecule has 3 rings (SSSR count). The van der Waals surface area contributed by atoms with Gasteiger partial charge in [0, 0.05) is 39.0 Å². The van der Waals surface area contributed by atoms with E-state index in [0.717, 1.165) is 31.6 Å². The summed E-state index contributed by atoms with van der Waals surface area (Å²) in [5.41, 5.74) is 1.52. The fourth-order valence-corrected chi connectivity index (χ4v) is 5.17. The summed E-state index contributed by atoms with van der Waals surface area (Å²) in [5.74, 6) is -0.0810. The topological polar surface area (TPSA) is 57.7 Å². The maximum atomic E-state index is 12.7. The van der Waals surface area contributed by atoms with E-state index in [9.17, 15) is 13.2 Å². The van der Waals surface area contributed by atoms with Gasteiger partial charge >= 0.3 is 0 Å². The maximum absolute atomic E-state index is 12.7. The lowest BCUT2D eigenvalue weighted by Crippen LogP contribution is -2.35. The van der Waals surface area contributed by atoms with E-state index >= 15 is 0 Å². The van der Waals surface area contributed by atoms with Gasteiger partial charge in [0.25, 0.3) is 5.91 Å². The summed E-state index contributed by atoms with van der Waals surface area (Å²) in [7, 11) is -3.18. The molecule has 9 heteroatoms. The molecule has 2 aromatic rings. The Labute approximate surface area is 173 Å². The zero-order valence-corrected chi connectivity index (χ0v) is 18.0. The number of hydrogen-bond donors (Lipinski definition) is 0. The van der Waals surface area contributed by atoms with Gasteiger partial charge in [0.15, 0.2) is 9.84 Å². The quantitative estimate of drug-likeness (QED) is 0.716. The van der Waals surface area contributed by atoms with Crippen LogP contribution in [0.1, 0.15) is 22.3 Å². The molecule has 0 radical (unpaired) electrons. The molecule has 1 aromatic heterocycles. The maximum Gasteiger partial charge on any atom is 0.256 e. The number of thiophene rings is 1. The normalized spacial score (nSPS) is 16.3. The number of sulfone groups is 1. The van der Waals surface area contributed by atoms with E-state index in [1.807, 2.05) is 17.0 Å². The smallest absolute Gasteiger partial charge is 0.256 e. The molecule has 27 heavy (non-hydrogen) atoms. The highest BCUT2D eigenvalue weighted by Crippen LogP contribution is 2.32. The minimum Gasteiger partial charge on any atom is -0.337 e. The minimum absolute atomic E-state index is 0.0810. The fourth-order valence-electron chi connectivity index (χ4n) is 3.09. The number of nitrogens with zero attached hydrogens (tertiary/aromatic N) is 2. The Kier molecular flexibility index (Phi) is 6.48. The van der Waals surface area contributed by atoms with Gasteiger partial charge in [-0.15, -0.1) is 11.3 Å². The fraction of sp³-hybridized carbons (Fsp3) is 0.389. The van der Waals surface area contributed by atoms with Crippen molar-refractivity contribution >= 4 is 50.3 Å². The van der Waals surface area contributed by atoms with Crippen LogP contribution >= 0.6 is 34.5 Å². The van der Waals surface area contributed by atoms with Crippen LogP contribution in [-0.4, -0.2) is 56.6 Å². The summed E-state index contributed by atoms with van der Waals surface area (Å²) >= 11 is 13.3. The third-order valence-corrected chi connectivity index (χ3v) is 7.14. The summed E-state index contributed by atoms with van der Waals surface area (Å²) in [6, 6.07) is 8.60. The average molecular weight is 447 g/mol. The van der Waals surface area contributed by atoms with Gasteiger partial charge in [0.05, 0.1) is 14.8 Å². The van der Waals surface area contributed by atoms with E-state index in [2.05, 4.69) is 4.90 Å². The molecule has 1 fully saturated rings. The number of rotatable bonds is 4. The van der Waals surface area contributed by atoms with E-state index in [0.29, 0.717) is 32.2 Å². The van der Waals surface area contributed by atoms with Crippen LogP contribution in [0.2, 0.25) is 8.67 Å². The molecule has 1 aliphatic rings. The van der Waals surface area contributed by atoms with Gasteiger partial charge in [-0.2, -0.15) is 0 Å². The molecule has 0 spiro atoms. The highest BCUT2D eigenvalue weighted by molar-refractivity contribution is 7.90. The Morgan fingerprint density at radius 2 is 1.81 bits per heavy atom. The number of hydrogen-bond acceptors (Lipinski definition) is 5. The van der Waals surface area contributed by atoms with Crippen LogP contribution in [-0.2, 0) is 16.4 Å². The van der Waals surface area contributed by atoms with Gasteiger partial charge in [0.1, 0.15) is 4.34 Å². The molecular weight excluding hydrogens is 427 g/mol. The van der Waals surface area contributed by atoms with Crippen molar-refractivity contribution in [1.29, 1.82) is 0 Å². The van der Waals surface area contributed by atoms with E-state index in [4.69, 9.17) is 23.2 Å². The Balaban J connectivity index is 1.61. The standard InChI is InChI=1S/C18H20Cl2N2O3S2/c1-27(24,25)14-5-3-13(4-6-14)12-21-7-2-8-22(10-9-21)18(23)15-11-16(19)26-17(15)20/h3-6,11H,2,7-10,12H2,1H3. The van der Waals surface area contributed by atoms with Gasteiger partial charge in [0.2, 0.25) is 0 Å². The number of carbonyl (C=O) groups excluding carboxylic acids is 1. The predicted molar refractivity (Wildman–Crippen MR) is 110 cm³/mol. The molecule has 5 nitrogen and oxygen atoms in total. The molecule has 0 N–H and O–H groups in total. The number of halogens is 2. The Hall–Kier alpha value is -1.12. The Morgan fingerprint density at radius 1 is 1.11 bits per heavy atom. The Bertz CT molecular complexity index is 927. The van der Waals surface area contributed by atoms with Crippen molar-refractivity contribution in [2.24, 2.45) is 0 Å². The number of carbonyl (C=O) groups is 1. The van der Waals surface area contributed by atoms with Crippen molar-refractivity contribution in [1.82, 2.24) is 9.80 Å². The van der Waals surface area contributed by atoms with E-state index < -0.39 is 9.84 Å². The van der Waals surface area contributed by atoms with Gasteiger partial charge in [-0.05, 0) is 30.2 Å². The van der Waals surface area contributed by atoms with Crippen LogP contribution in [0.3, 0.4) is 0 Å². The van der Waals surface area contributed by atoms with E-state index in [1.165, 1.54) is 17.6 Å². The first-order valence-corrected chi connectivity index (χ1v) is 12.0. The monoisotopic (exact) mass is 446 g/mol. The molecule has 1 aliphatic heterocycles. The molecule has 1 amide bonds. The summed E-state index contributed by atoms with van der Waals surface area (Å²) in [4.78, 5) is 17.1. The lowest BCUT2D eigenvalue weighted by molar-refractivity contribution is 0.0762. The SMILES string of the molecule is CS(=O)(=O)c1ccc(CN2CCCN(C(=O)c3cc(Cl)sc3Cl)CC2)cc1. The predicted octanol–water partition coefficient (Wildman–Crippen LogP) is 3.81. The summed E-state index contributed by atoms with van der Waals surface area (Å²) in [5, 5.41) is 0. The van der Waals surface area contributed by atoms with Crippen LogP contribution in [0, 0.1) is 0 Å². The minimum atomic E-state index is -3.18. The lowest BCUT2D eigenvalue weighted by atomic mass is 10.2. The molecule has 1 saturated heterocycles. The molecule has 0 aliphatic carbocycles. The van der Waals surface area contributed by atoms with Gasteiger partial charge in [-0.1, -0.05) is 35.3 Å². The molecule has 146 valence electrons. The second-order valence-corrected chi connectivity index (χ2v) is 10.9. The number of benzene rings is 1. The van der Waals surface area contributed by atoms with Crippen molar-refractivity contribution in [3.63, 3.8) is 0 Å². The summed E-state index contributed by atoms with van der Waals surface area (Å²) < 4.78 is 24.1. The first kappa shape index (κ1) is 20.6. The molecule has 0 bridgehead atoms. The third kappa shape index (κ3) is 5.23. The van der Waals surface area contributed by atoms with Crippen molar-refractivity contribution in [2.45, 2.75) is 17.9 Å². The van der Waals surface area contributed by atoms with Crippen molar-refractivity contribution in [3.8, 4) is 0 Å². The van der Waals surface area contributed by atoms with E-state index in [-0.39, 0.29) is 5.91 Å². The second kappa shape index (κ2) is 8.49. The highest BCUT2D eigenvalue weighted by atomic mass is 35.5. The molecule has 2 heterocycles. The van der Waals surface area contributed by atoms with Crippen molar-refractivity contribution < 1.29 is 13.2 Å². The second-order valence-electron chi connectivity index (χ2n) is 6.58. The molecule has 0 saturated carbocycles. The molecule has 0 atom stereocenters. The van der Waals surface area contributed by atoms with Crippen molar-refractivity contribution in [2.75, 3.05) is 32.4 Å². The number of amides is 1. The van der Waals surface area contributed by atoms with Crippen LogP contribution in [0.25, 0.3) is 0 Å². The summed E-state index contributed by atoms with van der Waals surface area (Å²) in [6.45, 7) is 3.62. The Morgan fingerprint density at radius 3 is 2.41 bits per heavy atom. The van der Waals surface area contributed by atoms with Crippen LogP contribution < -0.4 is 0 Å². The third-order valence-electron chi connectivity index (χ3n) is 4.52. The largest absolute Gasteiger partial charge is 0.337 e. The molecule has 0 unspecified atom stereocenters. The molecule has 1 aromatic carbocycles.